The van der Waals surface area contributed by atoms with E-state index in [-0.39, 0.29) is 0 Å². The van der Waals surface area contributed by atoms with Crippen LogP contribution in [0.3, 0.4) is 0 Å². The van der Waals surface area contributed by atoms with Crippen LogP contribution in [0.15, 0.2) is 35.7 Å². The van der Waals surface area contributed by atoms with Gasteiger partial charge in [-0.15, -0.1) is 11.3 Å². The van der Waals surface area contributed by atoms with E-state index < -0.39 is 0 Å². The zero-order chi connectivity index (χ0) is 14.5. The highest BCUT2D eigenvalue weighted by atomic mass is 35.5. The Bertz CT molecular complexity index is 539. The smallest absolute Gasteiger partial charge is 0.0603 e. The average molecular weight is 309 g/mol. The molecule has 0 aliphatic heterocycles. The highest BCUT2D eigenvalue weighted by Crippen LogP contribution is 2.30. The molecule has 2 rings (SSSR count). The van der Waals surface area contributed by atoms with Gasteiger partial charge in [-0.05, 0) is 42.6 Å². The lowest BCUT2D eigenvalue weighted by Crippen LogP contribution is -2.21. The summed E-state index contributed by atoms with van der Waals surface area (Å²) in [4.78, 5) is 3.62. The lowest BCUT2D eigenvalue weighted by Gasteiger charge is -2.26. The SMILES string of the molecule is CCNCc1ccc(N(C)C(C)c2cccs2)cc1Cl. The van der Waals surface area contributed by atoms with Gasteiger partial charge in [-0.25, -0.2) is 0 Å². The van der Waals surface area contributed by atoms with Gasteiger partial charge >= 0.3 is 0 Å². The van der Waals surface area contributed by atoms with Gasteiger partial charge in [0.15, 0.2) is 0 Å². The predicted molar refractivity (Wildman–Crippen MR) is 90.0 cm³/mol. The Hall–Kier alpha value is -1.03. The molecule has 0 amide bonds. The van der Waals surface area contributed by atoms with Crippen LogP contribution < -0.4 is 10.2 Å². The number of benzene rings is 1. The molecule has 4 heteroatoms. The van der Waals surface area contributed by atoms with E-state index >= 15 is 0 Å². The van der Waals surface area contributed by atoms with Crippen LogP contribution in [0.25, 0.3) is 0 Å². The zero-order valence-electron chi connectivity index (χ0n) is 12.2. The van der Waals surface area contributed by atoms with E-state index in [1.807, 2.05) is 0 Å². The topological polar surface area (TPSA) is 15.3 Å². The molecule has 1 N–H and O–H groups in total. The lowest BCUT2D eigenvalue weighted by molar-refractivity contribution is 0.725. The molecule has 0 bridgehead atoms. The quantitative estimate of drug-likeness (QED) is 0.831. The summed E-state index contributed by atoms with van der Waals surface area (Å²) in [5.41, 5.74) is 2.30. The minimum atomic E-state index is 0.352. The minimum Gasteiger partial charge on any atom is -0.367 e. The molecule has 1 heterocycles. The number of nitrogens with zero attached hydrogens (tertiary/aromatic N) is 1. The number of anilines is 1. The molecule has 0 spiro atoms. The molecular formula is C16H21ClN2S. The van der Waals surface area contributed by atoms with Crippen LogP contribution >= 0.6 is 22.9 Å². The van der Waals surface area contributed by atoms with Crippen molar-refractivity contribution in [3.8, 4) is 0 Å². The zero-order valence-corrected chi connectivity index (χ0v) is 13.8. The van der Waals surface area contributed by atoms with Gasteiger partial charge in [0.05, 0.1) is 6.04 Å². The molecule has 0 radical (unpaired) electrons. The molecule has 20 heavy (non-hydrogen) atoms. The van der Waals surface area contributed by atoms with Crippen molar-refractivity contribution in [2.45, 2.75) is 26.4 Å². The fourth-order valence-corrected chi connectivity index (χ4v) is 3.17. The van der Waals surface area contributed by atoms with E-state index in [4.69, 9.17) is 11.6 Å². The molecule has 1 unspecified atom stereocenters. The van der Waals surface area contributed by atoms with Gasteiger partial charge in [0.2, 0.25) is 0 Å². The van der Waals surface area contributed by atoms with Crippen LogP contribution in [-0.4, -0.2) is 13.6 Å². The van der Waals surface area contributed by atoms with Crippen molar-refractivity contribution < 1.29 is 0 Å². The Labute approximate surface area is 130 Å². The number of hydrogen-bond acceptors (Lipinski definition) is 3. The molecule has 0 saturated carbocycles. The van der Waals surface area contributed by atoms with Crippen LogP contribution in [0, 0.1) is 0 Å². The first kappa shape index (κ1) is 15.4. The summed E-state index contributed by atoms with van der Waals surface area (Å²) in [5.74, 6) is 0. The first-order valence-corrected chi connectivity index (χ1v) is 8.14. The summed E-state index contributed by atoms with van der Waals surface area (Å²) in [6, 6.07) is 10.9. The van der Waals surface area contributed by atoms with Crippen LogP contribution in [-0.2, 0) is 6.54 Å². The van der Waals surface area contributed by atoms with E-state index in [0.29, 0.717) is 6.04 Å². The molecule has 1 aromatic carbocycles. The highest BCUT2D eigenvalue weighted by Gasteiger charge is 2.14. The Morgan fingerprint density at radius 2 is 2.15 bits per heavy atom. The molecule has 108 valence electrons. The standard InChI is InChI=1S/C16H21ClN2S/c1-4-18-11-13-7-8-14(10-15(13)17)19(3)12(2)16-6-5-9-20-16/h5-10,12,18H,4,11H2,1-3H3. The van der Waals surface area contributed by atoms with Gasteiger partial charge in [0, 0.05) is 29.2 Å². The van der Waals surface area contributed by atoms with Crippen molar-refractivity contribution in [2.24, 2.45) is 0 Å². The summed E-state index contributed by atoms with van der Waals surface area (Å²) in [6.45, 7) is 6.08. The van der Waals surface area contributed by atoms with Gasteiger partial charge in [-0.2, -0.15) is 0 Å². The van der Waals surface area contributed by atoms with E-state index in [9.17, 15) is 0 Å². The maximum atomic E-state index is 6.37. The van der Waals surface area contributed by atoms with Crippen LogP contribution in [0.4, 0.5) is 5.69 Å². The summed E-state index contributed by atoms with van der Waals surface area (Å²) < 4.78 is 0. The van der Waals surface area contributed by atoms with Crippen molar-refractivity contribution in [1.29, 1.82) is 0 Å². The Kier molecular flexibility index (Phi) is 5.46. The average Bonchev–Trinajstić information content (AvgIpc) is 2.98. The third-order valence-corrected chi connectivity index (χ3v) is 4.94. The van der Waals surface area contributed by atoms with E-state index in [2.05, 4.69) is 66.8 Å². The molecular weight excluding hydrogens is 288 g/mol. The maximum absolute atomic E-state index is 6.37. The largest absolute Gasteiger partial charge is 0.367 e. The fourth-order valence-electron chi connectivity index (χ4n) is 2.10. The molecule has 1 aromatic heterocycles. The van der Waals surface area contributed by atoms with E-state index in [1.54, 1.807) is 11.3 Å². The molecule has 0 saturated heterocycles. The number of nitrogens with one attached hydrogen (secondary N) is 1. The third kappa shape index (κ3) is 3.54. The first-order valence-electron chi connectivity index (χ1n) is 6.88. The minimum absolute atomic E-state index is 0.352. The van der Waals surface area contributed by atoms with Gasteiger partial charge in [0.1, 0.15) is 0 Å². The normalized spacial score (nSPS) is 12.4. The van der Waals surface area contributed by atoms with Crippen LogP contribution in [0.2, 0.25) is 5.02 Å². The molecule has 0 aliphatic rings. The Morgan fingerprint density at radius 1 is 1.35 bits per heavy atom. The molecule has 0 aliphatic carbocycles. The van der Waals surface area contributed by atoms with E-state index in [1.165, 1.54) is 4.88 Å². The fraction of sp³-hybridized carbons (Fsp3) is 0.375. The van der Waals surface area contributed by atoms with Crippen molar-refractivity contribution in [3.05, 3.63) is 51.2 Å². The summed E-state index contributed by atoms with van der Waals surface area (Å²) in [6.07, 6.45) is 0. The summed E-state index contributed by atoms with van der Waals surface area (Å²) >= 11 is 8.16. The Morgan fingerprint density at radius 3 is 2.75 bits per heavy atom. The second kappa shape index (κ2) is 7.11. The Balaban J connectivity index is 2.14. The van der Waals surface area contributed by atoms with Crippen molar-refractivity contribution in [1.82, 2.24) is 5.32 Å². The van der Waals surface area contributed by atoms with Gasteiger partial charge < -0.3 is 10.2 Å². The van der Waals surface area contributed by atoms with Crippen molar-refractivity contribution in [3.63, 3.8) is 0 Å². The third-order valence-electron chi connectivity index (χ3n) is 3.55. The summed E-state index contributed by atoms with van der Waals surface area (Å²) in [7, 11) is 2.11. The molecule has 0 fully saturated rings. The number of thiophene rings is 1. The maximum Gasteiger partial charge on any atom is 0.0603 e. The number of halogens is 1. The molecule has 2 aromatic rings. The van der Waals surface area contributed by atoms with Gasteiger partial charge in [-0.1, -0.05) is 30.7 Å². The van der Waals surface area contributed by atoms with Crippen molar-refractivity contribution >= 4 is 28.6 Å². The summed E-state index contributed by atoms with van der Waals surface area (Å²) in [5, 5.41) is 6.25. The lowest BCUT2D eigenvalue weighted by atomic mass is 10.1. The number of hydrogen-bond donors (Lipinski definition) is 1. The second-order valence-corrected chi connectivity index (χ2v) is 6.24. The van der Waals surface area contributed by atoms with Crippen LogP contribution in [0.5, 0.6) is 0 Å². The highest BCUT2D eigenvalue weighted by molar-refractivity contribution is 7.10. The number of rotatable bonds is 6. The monoisotopic (exact) mass is 308 g/mol. The van der Waals surface area contributed by atoms with Crippen LogP contribution in [0.1, 0.15) is 30.3 Å². The van der Waals surface area contributed by atoms with Gasteiger partial charge in [-0.3, -0.25) is 0 Å². The van der Waals surface area contributed by atoms with Crippen molar-refractivity contribution in [2.75, 3.05) is 18.5 Å². The van der Waals surface area contributed by atoms with Gasteiger partial charge in [0.25, 0.3) is 0 Å². The second-order valence-electron chi connectivity index (χ2n) is 4.86. The predicted octanol–water partition coefficient (Wildman–Crippen LogP) is 4.71. The van der Waals surface area contributed by atoms with E-state index in [0.717, 1.165) is 29.4 Å². The molecule has 2 nitrogen and oxygen atoms in total. The first-order chi connectivity index (χ1) is 9.63. The molecule has 1 atom stereocenters.